The lowest BCUT2D eigenvalue weighted by Crippen LogP contribution is -2.47. The number of piperazine rings is 1. The minimum Gasteiger partial charge on any atom is -0.367 e. The smallest absolute Gasteiger partial charge is 0.168 e. The predicted molar refractivity (Wildman–Crippen MR) is 219 cm³/mol. The van der Waals surface area contributed by atoms with Crippen LogP contribution in [0.5, 0.6) is 0 Å². The largest absolute Gasteiger partial charge is 0.367 e. The van der Waals surface area contributed by atoms with Gasteiger partial charge >= 0.3 is 0 Å². The molecular formula is C41H60Cl3F2N5O2. The summed E-state index contributed by atoms with van der Waals surface area (Å²) in [5.41, 5.74) is 3.28. The molecule has 7 nitrogen and oxygen atoms in total. The van der Waals surface area contributed by atoms with Crippen LogP contribution in [0.1, 0.15) is 64.4 Å². The van der Waals surface area contributed by atoms with Gasteiger partial charge in [-0.25, -0.2) is 8.78 Å². The standard InChI is InChI=1S/C21H30N2O.C20H28ClF2N3O.2ClH/c1-18(24)17-23-13-8-19(9-14-23)7-12-22-15-10-21(11-16-22)20-5-3-2-4-6-20;1-15(27)14-25-8-5-16(6-9-25)4-7-24-10-12-26(13-11-24)18-3-2-17(22)19(21)20(18)23;;/h2-6,10,19H,7-9,11-17H2,1H3;2-3,16H,4-14H2,1H3;2*1H. The maximum Gasteiger partial charge on any atom is 0.168 e. The van der Waals surface area contributed by atoms with E-state index in [0.717, 1.165) is 90.1 Å². The van der Waals surface area contributed by atoms with Crippen LogP contribution in [0.2, 0.25) is 5.02 Å². The van der Waals surface area contributed by atoms with Crippen molar-refractivity contribution in [1.29, 1.82) is 0 Å². The average Bonchev–Trinajstić information content (AvgIpc) is 3.14. The molecule has 0 saturated carbocycles. The van der Waals surface area contributed by atoms with E-state index >= 15 is 0 Å². The SMILES string of the molecule is CC(=O)CN1CCC(CCN2CC=C(c3ccccc3)CC2)CC1.CC(=O)CN1CCC(CCN2CCN(c3ccc(F)c(Cl)c3F)CC2)CC1.Cl.Cl. The molecule has 4 aliphatic heterocycles. The van der Waals surface area contributed by atoms with Gasteiger partial charge in [0.15, 0.2) is 5.82 Å². The first-order valence-electron chi connectivity index (χ1n) is 19.2. The molecule has 4 heterocycles. The van der Waals surface area contributed by atoms with Gasteiger partial charge < -0.3 is 4.90 Å². The second-order valence-electron chi connectivity index (χ2n) is 15.1. The zero-order valence-corrected chi connectivity index (χ0v) is 34.0. The van der Waals surface area contributed by atoms with E-state index in [2.05, 4.69) is 56.0 Å². The Morgan fingerprint density at radius 2 is 1.21 bits per heavy atom. The number of piperidine rings is 2. The molecule has 0 amide bonds. The van der Waals surface area contributed by atoms with Gasteiger partial charge in [-0.1, -0.05) is 48.0 Å². The number of ketones is 2. The van der Waals surface area contributed by atoms with E-state index in [9.17, 15) is 18.4 Å². The number of nitrogens with zero attached hydrogens (tertiary/aromatic N) is 5. The number of hydrogen-bond acceptors (Lipinski definition) is 7. The van der Waals surface area contributed by atoms with Crippen LogP contribution in [0.3, 0.4) is 0 Å². The summed E-state index contributed by atoms with van der Waals surface area (Å²) in [6.45, 7) is 16.5. The van der Waals surface area contributed by atoms with Crippen molar-refractivity contribution in [2.45, 2.75) is 58.8 Å². The van der Waals surface area contributed by atoms with E-state index in [4.69, 9.17) is 11.6 Å². The molecule has 0 aromatic heterocycles. The Balaban J connectivity index is 0.000000277. The minimum atomic E-state index is -0.717. The van der Waals surface area contributed by atoms with Crippen molar-refractivity contribution in [3.63, 3.8) is 0 Å². The third-order valence-electron chi connectivity index (χ3n) is 11.2. The fraction of sp³-hybridized carbons (Fsp3) is 0.610. The monoisotopic (exact) mass is 797 g/mol. The van der Waals surface area contributed by atoms with E-state index in [-0.39, 0.29) is 30.6 Å². The summed E-state index contributed by atoms with van der Waals surface area (Å²) < 4.78 is 27.5. The number of carbonyl (C=O) groups is 2. The number of hydrogen-bond donors (Lipinski definition) is 0. The highest BCUT2D eigenvalue weighted by Gasteiger charge is 2.25. The lowest BCUT2D eigenvalue weighted by molar-refractivity contribution is -0.119. The summed E-state index contributed by atoms with van der Waals surface area (Å²) in [5, 5.41) is -0.425. The second-order valence-corrected chi connectivity index (χ2v) is 15.5. The van der Waals surface area contributed by atoms with Gasteiger partial charge in [0.25, 0.3) is 0 Å². The highest BCUT2D eigenvalue weighted by molar-refractivity contribution is 6.31. The van der Waals surface area contributed by atoms with E-state index < -0.39 is 16.7 Å². The van der Waals surface area contributed by atoms with E-state index in [0.29, 0.717) is 24.6 Å². The number of Topliss-reactive ketones (excluding diaryl/α,β-unsaturated/α-hetero) is 2. The van der Waals surface area contributed by atoms with Crippen LogP contribution in [0, 0.1) is 23.5 Å². The molecule has 3 fully saturated rings. The summed E-state index contributed by atoms with van der Waals surface area (Å²) in [7, 11) is 0. The first-order valence-corrected chi connectivity index (χ1v) is 19.5. The van der Waals surface area contributed by atoms with Crippen molar-refractivity contribution in [2.24, 2.45) is 11.8 Å². The van der Waals surface area contributed by atoms with Crippen LogP contribution < -0.4 is 4.90 Å². The Hall–Kier alpha value is -2.11. The van der Waals surface area contributed by atoms with E-state index in [1.165, 1.54) is 68.5 Å². The topological polar surface area (TPSA) is 50.3 Å². The zero-order valence-electron chi connectivity index (χ0n) is 31.6. The molecule has 0 radical (unpaired) electrons. The molecule has 0 unspecified atom stereocenters. The third-order valence-corrected chi connectivity index (χ3v) is 11.5. The van der Waals surface area contributed by atoms with Crippen molar-refractivity contribution in [3.05, 3.63) is 70.8 Å². The molecule has 53 heavy (non-hydrogen) atoms. The number of likely N-dealkylation sites (tertiary alicyclic amines) is 2. The average molecular weight is 799 g/mol. The highest BCUT2D eigenvalue weighted by Crippen LogP contribution is 2.29. The quantitative estimate of drug-likeness (QED) is 0.204. The zero-order chi connectivity index (χ0) is 36.2. The van der Waals surface area contributed by atoms with Crippen LogP contribution in [-0.4, -0.2) is 123 Å². The van der Waals surface area contributed by atoms with Gasteiger partial charge in [-0.05, 0) is 133 Å². The number of carbonyl (C=O) groups excluding carboxylic acids is 2. The Morgan fingerprint density at radius 3 is 1.70 bits per heavy atom. The van der Waals surface area contributed by atoms with Gasteiger partial charge in [0.1, 0.15) is 22.4 Å². The predicted octanol–water partition coefficient (Wildman–Crippen LogP) is 7.74. The van der Waals surface area contributed by atoms with Gasteiger partial charge in [0.2, 0.25) is 0 Å². The number of rotatable bonds is 12. The van der Waals surface area contributed by atoms with Crippen LogP contribution >= 0.6 is 36.4 Å². The van der Waals surface area contributed by atoms with Gasteiger partial charge in [-0.3, -0.25) is 29.2 Å². The molecular weight excluding hydrogens is 739 g/mol. The van der Waals surface area contributed by atoms with Crippen molar-refractivity contribution in [1.82, 2.24) is 19.6 Å². The molecule has 0 atom stereocenters. The Labute approximate surface area is 333 Å². The molecule has 0 bridgehead atoms. The summed E-state index contributed by atoms with van der Waals surface area (Å²) in [5.74, 6) is 0.716. The normalized spacial score (nSPS) is 19.7. The molecule has 3 saturated heterocycles. The molecule has 0 N–H and O–H groups in total. The fourth-order valence-corrected chi connectivity index (χ4v) is 8.19. The lowest BCUT2D eigenvalue weighted by Gasteiger charge is -2.37. The highest BCUT2D eigenvalue weighted by atomic mass is 35.5. The van der Waals surface area contributed by atoms with E-state index in [1.54, 1.807) is 13.8 Å². The van der Waals surface area contributed by atoms with E-state index in [1.807, 2.05) is 4.90 Å². The van der Waals surface area contributed by atoms with Gasteiger partial charge in [-0.2, -0.15) is 0 Å². The second kappa shape index (κ2) is 23.1. The van der Waals surface area contributed by atoms with Crippen LogP contribution in [-0.2, 0) is 9.59 Å². The van der Waals surface area contributed by atoms with Crippen LogP contribution in [0.25, 0.3) is 5.57 Å². The maximum atomic E-state index is 14.2. The van der Waals surface area contributed by atoms with Crippen molar-refractivity contribution in [3.8, 4) is 0 Å². The number of benzene rings is 2. The molecule has 296 valence electrons. The van der Waals surface area contributed by atoms with Gasteiger partial charge in [0.05, 0.1) is 18.8 Å². The van der Waals surface area contributed by atoms with Crippen molar-refractivity contribution < 1.29 is 18.4 Å². The molecule has 2 aromatic carbocycles. The molecule has 0 spiro atoms. The fourth-order valence-electron chi connectivity index (χ4n) is 8.03. The summed E-state index contributed by atoms with van der Waals surface area (Å²) in [6.07, 6.45) is 10.9. The lowest BCUT2D eigenvalue weighted by atomic mass is 9.92. The Kier molecular flexibility index (Phi) is 19.7. The third kappa shape index (κ3) is 14.5. The minimum absolute atomic E-state index is 0. The number of halogens is 5. The summed E-state index contributed by atoms with van der Waals surface area (Å²) in [4.78, 5) is 33.9. The van der Waals surface area contributed by atoms with Crippen LogP contribution in [0.4, 0.5) is 14.5 Å². The molecule has 2 aromatic rings. The van der Waals surface area contributed by atoms with Gasteiger partial charge in [0, 0.05) is 39.3 Å². The Morgan fingerprint density at radius 1 is 0.679 bits per heavy atom. The number of anilines is 1. The molecule has 6 rings (SSSR count). The molecule has 12 heteroatoms. The van der Waals surface area contributed by atoms with Gasteiger partial charge in [-0.15, -0.1) is 24.8 Å². The maximum absolute atomic E-state index is 14.2. The summed E-state index contributed by atoms with van der Waals surface area (Å²) >= 11 is 5.70. The first-order chi connectivity index (χ1) is 24.6. The summed E-state index contributed by atoms with van der Waals surface area (Å²) in [6, 6.07) is 13.5. The Bertz CT molecular complexity index is 1440. The van der Waals surface area contributed by atoms with Crippen molar-refractivity contribution in [2.75, 3.05) is 96.5 Å². The molecule has 0 aliphatic carbocycles. The molecule has 4 aliphatic rings. The van der Waals surface area contributed by atoms with Crippen LogP contribution in [0.15, 0.2) is 48.5 Å². The van der Waals surface area contributed by atoms with Crippen molar-refractivity contribution >= 4 is 59.2 Å². The first kappa shape index (κ1) is 45.3.